The highest BCUT2D eigenvalue weighted by Gasteiger charge is 2.47. The van der Waals surface area contributed by atoms with Gasteiger partial charge in [-0.1, -0.05) is 56.5 Å². The van der Waals surface area contributed by atoms with Crippen LogP contribution in [0.4, 0.5) is 4.79 Å². The van der Waals surface area contributed by atoms with Crippen LogP contribution < -0.4 is 0 Å². The first kappa shape index (κ1) is 21.5. The van der Waals surface area contributed by atoms with Crippen LogP contribution in [0.5, 0.6) is 0 Å². The summed E-state index contributed by atoms with van der Waals surface area (Å²) in [4.78, 5) is 44.9. The number of rotatable bonds is 12. The van der Waals surface area contributed by atoms with Gasteiger partial charge in [0.2, 0.25) is 0 Å². The third-order valence-corrected chi connectivity index (χ3v) is 5.87. The normalized spacial score (nSPS) is 20.9. The third kappa shape index (κ3) is 5.66. The number of carbonyl (C=O) groups excluding carboxylic acids is 3. The quantitative estimate of drug-likeness (QED) is 0.491. The molecule has 2 fully saturated rings. The number of fused-ring (bicyclic) bond motifs is 2. The van der Waals surface area contributed by atoms with Gasteiger partial charge in [-0.2, -0.15) is 5.06 Å². The number of amides is 2. The standard InChI is InChI=1S/C23H32N2O4/c1-2-3-4-8-11-20(26)13-15-22(27)21-14-12-19-16-24(21)23(28)25(19)29-17-18-9-6-5-7-10-18/h5-7,9-10,19,21H,2-4,8,11-17H2,1H3/t19-,21+/m1/s1. The second-order valence-electron chi connectivity index (χ2n) is 8.08. The van der Waals surface area contributed by atoms with Gasteiger partial charge in [0.1, 0.15) is 12.4 Å². The molecule has 2 aliphatic rings. The molecule has 0 radical (unpaired) electrons. The van der Waals surface area contributed by atoms with Crippen LogP contribution in [0, 0.1) is 0 Å². The Morgan fingerprint density at radius 2 is 1.83 bits per heavy atom. The number of piperidine rings is 1. The molecule has 0 N–H and O–H groups in total. The summed E-state index contributed by atoms with van der Waals surface area (Å²) in [5, 5.41) is 1.44. The Labute approximate surface area is 173 Å². The summed E-state index contributed by atoms with van der Waals surface area (Å²) in [5.41, 5.74) is 1.00. The van der Waals surface area contributed by atoms with E-state index in [2.05, 4.69) is 6.92 Å². The van der Waals surface area contributed by atoms with Crippen LogP contribution in [0.15, 0.2) is 30.3 Å². The van der Waals surface area contributed by atoms with E-state index in [0.717, 1.165) is 37.7 Å². The van der Waals surface area contributed by atoms with E-state index < -0.39 is 6.04 Å². The summed E-state index contributed by atoms with van der Waals surface area (Å²) in [7, 11) is 0. The Hall–Kier alpha value is -2.21. The topological polar surface area (TPSA) is 66.9 Å². The molecule has 1 aromatic carbocycles. The number of carbonyl (C=O) groups is 3. The number of hydrogen-bond donors (Lipinski definition) is 0. The second kappa shape index (κ2) is 10.5. The van der Waals surface area contributed by atoms with E-state index in [1.807, 2.05) is 30.3 Å². The van der Waals surface area contributed by atoms with E-state index in [1.54, 1.807) is 4.90 Å². The molecule has 2 aliphatic heterocycles. The fraction of sp³-hybridized carbons (Fsp3) is 0.609. The maximum atomic E-state index is 12.8. The van der Waals surface area contributed by atoms with Crippen molar-refractivity contribution >= 4 is 17.6 Å². The van der Waals surface area contributed by atoms with Gasteiger partial charge in [-0.05, 0) is 24.8 Å². The first-order valence-electron chi connectivity index (χ1n) is 10.9. The lowest BCUT2D eigenvalue weighted by Crippen LogP contribution is -2.45. The van der Waals surface area contributed by atoms with Crippen LogP contribution in [0.3, 0.4) is 0 Å². The van der Waals surface area contributed by atoms with E-state index >= 15 is 0 Å². The fourth-order valence-corrected chi connectivity index (χ4v) is 4.15. The Balaban J connectivity index is 1.46. The Morgan fingerprint density at radius 3 is 2.59 bits per heavy atom. The monoisotopic (exact) mass is 400 g/mol. The molecular weight excluding hydrogens is 368 g/mol. The Kier molecular flexibility index (Phi) is 7.81. The van der Waals surface area contributed by atoms with Crippen molar-refractivity contribution in [2.24, 2.45) is 0 Å². The molecule has 1 aromatic rings. The maximum absolute atomic E-state index is 12.8. The number of nitrogens with zero attached hydrogens (tertiary/aromatic N) is 2. The SMILES string of the molecule is CCCCCCC(=O)CCC(=O)[C@@H]1CC[C@@H]2CN1C(=O)N2OCc1ccccc1. The highest BCUT2D eigenvalue weighted by atomic mass is 16.7. The molecule has 158 valence electrons. The number of urea groups is 1. The molecule has 29 heavy (non-hydrogen) atoms. The molecule has 0 saturated carbocycles. The first-order valence-corrected chi connectivity index (χ1v) is 10.9. The molecule has 2 amide bonds. The van der Waals surface area contributed by atoms with Gasteiger partial charge >= 0.3 is 6.03 Å². The van der Waals surface area contributed by atoms with E-state index in [0.29, 0.717) is 32.4 Å². The average molecular weight is 401 g/mol. The van der Waals surface area contributed by atoms with Crippen LogP contribution in [-0.4, -0.2) is 46.2 Å². The summed E-state index contributed by atoms with van der Waals surface area (Å²) < 4.78 is 0. The molecule has 3 rings (SSSR count). The van der Waals surface area contributed by atoms with Gasteiger partial charge in [-0.3, -0.25) is 14.4 Å². The second-order valence-corrected chi connectivity index (χ2v) is 8.08. The van der Waals surface area contributed by atoms with E-state index in [4.69, 9.17) is 4.84 Å². The zero-order valence-electron chi connectivity index (χ0n) is 17.3. The minimum Gasteiger partial charge on any atom is -0.311 e. The molecule has 2 heterocycles. The highest BCUT2D eigenvalue weighted by Crippen LogP contribution is 2.31. The van der Waals surface area contributed by atoms with Crippen LogP contribution >= 0.6 is 0 Å². The minimum atomic E-state index is -0.419. The predicted molar refractivity (Wildman–Crippen MR) is 110 cm³/mol. The molecular formula is C23H32N2O4. The van der Waals surface area contributed by atoms with E-state index in [9.17, 15) is 14.4 Å². The highest BCUT2D eigenvalue weighted by molar-refractivity contribution is 5.92. The van der Waals surface area contributed by atoms with Crippen LogP contribution in [0.2, 0.25) is 0 Å². The largest absolute Gasteiger partial charge is 0.344 e. The summed E-state index contributed by atoms with van der Waals surface area (Å²) in [6, 6.07) is 9.07. The van der Waals surface area contributed by atoms with Crippen molar-refractivity contribution in [3.05, 3.63) is 35.9 Å². The van der Waals surface area contributed by atoms with E-state index in [1.165, 1.54) is 5.06 Å². The molecule has 0 aliphatic carbocycles. The van der Waals surface area contributed by atoms with E-state index in [-0.39, 0.29) is 30.1 Å². The molecule has 2 saturated heterocycles. The molecule has 0 spiro atoms. The van der Waals surface area contributed by atoms with Crippen molar-refractivity contribution in [2.45, 2.75) is 83.4 Å². The van der Waals surface area contributed by atoms with Gasteiger partial charge in [0.25, 0.3) is 0 Å². The molecule has 6 heteroatoms. The van der Waals surface area contributed by atoms with Crippen LogP contribution in [0.25, 0.3) is 0 Å². The molecule has 6 nitrogen and oxygen atoms in total. The predicted octanol–water partition coefficient (Wildman–Crippen LogP) is 4.28. The van der Waals surface area contributed by atoms with Gasteiger partial charge in [0.05, 0.1) is 12.1 Å². The molecule has 0 unspecified atom stereocenters. The smallest absolute Gasteiger partial charge is 0.311 e. The van der Waals surface area contributed by atoms with Crippen molar-refractivity contribution in [3.8, 4) is 0 Å². The Bertz CT molecular complexity index is 706. The summed E-state index contributed by atoms with van der Waals surface area (Å²) in [6.07, 6.45) is 6.75. The summed E-state index contributed by atoms with van der Waals surface area (Å²) in [5.74, 6) is 0.160. The van der Waals surface area contributed by atoms with Gasteiger partial charge in [-0.25, -0.2) is 4.79 Å². The number of unbranched alkanes of at least 4 members (excludes halogenated alkanes) is 3. The van der Waals surface area contributed by atoms with Crippen molar-refractivity contribution in [2.75, 3.05) is 6.54 Å². The lowest BCUT2D eigenvalue weighted by molar-refractivity contribution is -0.140. The molecule has 2 atom stereocenters. The van der Waals surface area contributed by atoms with Gasteiger partial charge in [0, 0.05) is 25.8 Å². The van der Waals surface area contributed by atoms with Crippen molar-refractivity contribution in [1.82, 2.24) is 9.96 Å². The zero-order valence-corrected chi connectivity index (χ0v) is 17.3. The van der Waals surface area contributed by atoms with Gasteiger partial charge in [-0.15, -0.1) is 0 Å². The summed E-state index contributed by atoms with van der Waals surface area (Å²) >= 11 is 0. The van der Waals surface area contributed by atoms with Crippen molar-refractivity contribution in [1.29, 1.82) is 0 Å². The lowest BCUT2D eigenvalue weighted by Gasteiger charge is -2.29. The minimum absolute atomic E-state index is 0.00335. The van der Waals surface area contributed by atoms with Crippen LogP contribution in [-0.2, 0) is 21.0 Å². The number of hydrogen-bond acceptors (Lipinski definition) is 4. The first-order chi connectivity index (χ1) is 14.1. The average Bonchev–Trinajstić information content (AvgIpc) is 2.98. The maximum Gasteiger partial charge on any atom is 0.344 e. The zero-order chi connectivity index (χ0) is 20.6. The number of ketones is 2. The van der Waals surface area contributed by atoms with Gasteiger partial charge < -0.3 is 4.90 Å². The number of Topliss-reactive ketones (excluding diaryl/α,β-unsaturated/α-hetero) is 2. The summed E-state index contributed by atoms with van der Waals surface area (Å²) in [6.45, 7) is 3.00. The van der Waals surface area contributed by atoms with Gasteiger partial charge in [0.15, 0.2) is 5.78 Å². The molecule has 2 bridgehead atoms. The van der Waals surface area contributed by atoms with Crippen molar-refractivity contribution in [3.63, 3.8) is 0 Å². The third-order valence-electron chi connectivity index (χ3n) is 5.87. The number of hydroxylamine groups is 2. The Morgan fingerprint density at radius 1 is 1.03 bits per heavy atom. The number of benzene rings is 1. The van der Waals surface area contributed by atoms with Crippen molar-refractivity contribution < 1.29 is 19.2 Å². The van der Waals surface area contributed by atoms with Crippen LogP contribution in [0.1, 0.15) is 70.3 Å². The lowest BCUT2D eigenvalue weighted by atomic mass is 9.94. The fourth-order valence-electron chi connectivity index (χ4n) is 4.15. The molecule has 0 aromatic heterocycles.